The van der Waals surface area contributed by atoms with Crippen molar-refractivity contribution in [2.75, 3.05) is 0 Å². The third-order valence-corrected chi connectivity index (χ3v) is 3.96. The molecule has 3 aromatic rings. The van der Waals surface area contributed by atoms with Crippen molar-refractivity contribution in [3.8, 4) is 0 Å². The van der Waals surface area contributed by atoms with Gasteiger partial charge in [0, 0.05) is 10.3 Å². The van der Waals surface area contributed by atoms with Gasteiger partial charge in [-0.05, 0) is 23.8 Å². The van der Waals surface area contributed by atoms with E-state index in [0.717, 1.165) is 10.9 Å². The van der Waals surface area contributed by atoms with Crippen LogP contribution in [0.1, 0.15) is 5.56 Å². The first-order chi connectivity index (χ1) is 9.78. The van der Waals surface area contributed by atoms with E-state index in [0.29, 0.717) is 15.5 Å². The summed E-state index contributed by atoms with van der Waals surface area (Å²) >= 11 is 1.26. The molecule has 1 N–H and O–H groups in total. The molecule has 0 fully saturated rings. The van der Waals surface area contributed by atoms with E-state index >= 15 is 0 Å². The van der Waals surface area contributed by atoms with Crippen molar-refractivity contribution in [2.45, 2.75) is 16.5 Å². The van der Waals surface area contributed by atoms with E-state index in [1.165, 1.54) is 24.2 Å². The minimum atomic E-state index is -0.357. The second kappa shape index (κ2) is 5.56. The van der Waals surface area contributed by atoms with Crippen molar-refractivity contribution < 1.29 is 9.50 Å². The Labute approximate surface area is 119 Å². The SMILES string of the molecule is OCc1ccc(Sc2ncnc3ccccc23)c(F)c1. The average molecular weight is 286 g/mol. The van der Waals surface area contributed by atoms with Crippen LogP contribution in [-0.2, 0) is 6.61 Å². The Bertz CT molecular complexity index is 758. The molecule has 3 nitrogen and oxygen atoms in total. The van der Waals surface area contributed by atoms with Gasteiger partial charge in [-0.15, -0.1) is 0 Å². The molecule has 0 amide bonds. The molecule has 0 bridgehead atoms. The molecular formula is C15H11FN2OS. The predicted octanol–water partition coefficient (Wildman–Crippen LogP) is 3.41. The first-order valence-corrected chi connectivity index (χ1v) is 6.86. The molecule has 0 aliphatic carbocycles. The van der Waals surface area contributed by atoms with E-state index in [1.54, 1.807) is 12.1 Å². The smallest absolute Gasteiger partial charge is 0.137 e. The maximum atomic E-state index is 13.9. The Morgan fingerprint density at radius 1 is 1.10 bits per heavy atom. The zero-order valence-electron chi connectivity index (χ0n) is 10.5. The minimum absolute atomic E-state index is 0.168. The first-order valence-electron chi connectivity index (χ1n) is 6.05. The normalized spacial score (nSPS) is 10.9. The lowest BCUT2D eigenvalue weighted by molar-refractivity contribution is 0.281. The van der Waals surface area contributed by atoms with Gasteiger partial charge in [-0.1, -0.05) is 36.0 Å². The largest absolute Gasteiger partial charge is 0.392 e. The summed E-state index contributed by atoms with van der Waals surface area (Å²) in [5.41, 5.74) is 1.39. The van der Waals surface area contributed by atoms with Crippen LogP contribution in [0.3, 0.4) is 0 Å². The summed E-state index contributed by atoms with van der Waals surface area (Å²) in [6.07, 6.45) is 1.48. The number of rotatable bonds is 3. The third-order valence-electron chi connectivity index (χ3n) is 2.89. The Balaban J connectivity index is 2.01. The summed E-state index contributed by atoms with van der Waals surface area (Å²) in [5, 5.41) is 10.6. The van der Waals surface area contributed by atoms with Gasteiger partial charge in [-0.25, -0.2) is 14.4 Å². The van der Waals surface area contributed by atoms with E-state index < -0.39 is 0 Å². The van der Waals surface area contributed by atoms with Crippen LogP contribution in [0, 0.1) is 5.82 Å². The highest BCUT2D eigenvalue weighted by molar-refractivity contribution is 7.99. The second-order valence-corrected chi connectivity index (χ2v) is 5.25. The van der Waals surface area contributed by atoms with Gasteiger partial charge in [-0.3, -0.25) is 0 Å². The average Bonchev–Trinajstić information content (AvgIpc) is 2.49. The molecule has 0 atom stereocenters. The number of hydrogen-bond acceptors (Lipinski definition) is 4. The highest BCUT2D eigenvalue weighted by Crippen LogP contribution is 2.32. The fraction of sp³-hybridized carbons (Fsp3) is 0.0667. The predicted molar refractivity (Wildman–Crippen MR) is 76.0 cm³/mol. The summed E-state index contributed by atoms with van der Waals surface area (Å²) in [7, 11) is 0. The van der Waals surface area contributed by atoms with Gasteiger partial charge < -0.3 is 5.11 Å². The van der Waals surface area contributed by atoms with Crippen LogP contribution < -0.4 is 0 Å². The maximum absolute atomic E-state index is 13.9. The molecular weight excluding hydrogens is 275 g/mol. The van der Waals surface area contributed by atoms with Crippen molar-refractivity contribution in [3.05, 3.63) is 60.2 Å². The van der Waals surface area contributed by atoms with Crippen LogP contribution >= 0.6 is 11.8 Å². The number of hydrogen-bond donors (Lipinski definition) is 1. The monoisotopic (exact) mass is 286 g/mol. The van der Waals surface area contributed by atoms with Crippen LogP contribution in [0.4, 0.5) is 4.39 Å². The number of aliphatic hydroxyl groups excluding tert-OH is 1. The van der Waals surface area contributed by atoms with Crippen molar-refractivity contribution in [1.82, 2.24) is 9.97 Å². The molecule has 3 rings (SSSR count). The lowest BCUT2D eigenvalue weighted by atomic mass is 10.2. The Morgan fingerprint density at radius 3 is 2.75 bits per heavy atom. The van der Waals surface area contributed by atoms with Gasteiger partial charge in [0.2, 0.25) is 0 Å². The van der Waals surface area contributed by atoms with Gasteiger partial charge in [-0.2, -0.15) is 0 Å². The number of aromatic nitrogens is 2. The Morgan fingerprint density at radius 2 is 1.95 bits per heavy atom. The van der Waals surface area contributed by atoms with Crippen LogP contribution in [0.25, 0.3) is 10.9 Å². The fourth-order valence-electron chi connectivity index (χ4n) is 1.89. The zero-order valence-corrected chi connectivity index (χ0v) is 11.3. The van der Waals surface area contributed by atoms with Crippen molar-refractivity contribution in [1.29, 1.82) is 0 Å². The summed E-state index contributed by atoms with van der Waals surface area (Å²) < 4.78 is 13.9. The number of halogens is 1. The third kappa shape index (κ3) is 2.50. The standard InChI is InChI=1S/C15H11FN2OS/c16-12-7-10(8-19)5-6-14(12)20-15-11-3-1-2-4-13(11)17-9-18-15/h1-7,9,19H,8H2. The number of para-hydroxylation sites is 1. The van der Waals surface area contributed by atoms with Crippen LogP contribution in [0.15, 0.2) is 58.7 Å². The molecule has 0 unspecified atom stereocenters. The summed E-state index contributed by atoms with van der Waals surface area (Å²) in [6, 6.07) is 12.3. The van der Waals surface area contributed by atoms with Crippen LogP contribution in [-0.4, -0.2) is 15.1 Å². The quantitative estimate of drug-likeness (QED) is 0.749. The number of aliphatic hydroxyl groups is 1. The van der Waals surface area contributed by atoms with Gasteiger partial charge in [0.25, 0.3) is 0 Å². The topological polar surface area (TPSA) is 46.0 Å². The van der Waals surface area contributed by atoms with Gasteiger partial charge >= 0.3 is 0 Å². The molecule has 0 aliphatic rings. The molecule has 0 spiro atoms. The second-order valence-electron chi connectivity index (χ2n) is 4.22. The van der Waals surface area contributed by atoms with E-state index in [-0.39, 0.29) is 12.4 Å². The van der Waals surface area contributed by atoms with E-state index in [4.69, 9.17) is 5.11 Å². The molecule has 0 radical (unpaired) electrons. The number of benzene rings is 2. The molecule has 20 heavy (non-hydrogen) atoms. The molecule has 5 heteroatoms. The van der Waals surface area contributed by atoms with Crippen LogP contribution in [0.2, 0.25) is 0 Å². The molecule has 100 valence electrons. The van der Waals surface area contributed by atoms with Crippen LogP contribution in [0.5, 0.6) is 0 Å². The van der Waals surface area contributed by atoms with Crippen molar-refractivity contribution in [3.63, 3.8) is 0 Å². The Kier molecular flexibility index (Phi) is 3.62. The maximum Gasteiger partial charge on any atom is 0.137 e. The summed E-state index contributed by atoms with van der Waals surface area (Å²) in [5.74, 6) is -0.357. The molecule has 0 saturated heterocycles. The van der Waals surface area contributed by atoms with Gasteiger partial charge in [0.1, 0.15) is 17.2 Å². The zero-order chi connectivity index (χ0) is 13.9. The van der Waals surface area contributed by atoms with Crippen molar-refractivity contribution in [2.24, 2.45) is 0 Å². The molecule has 1 heterocycles. The van der Waals surface area contributed by atoms with E-state index in [1.807, 2.05) is 24.3 Å². The highest BCUT2D eigenvalue weighted by Gasteiger charge is 2.09. The van der Waals surface area contributed by atoms with Gasteiger partial charge in [0.15, 0.2) is 0 Å². The molecule has 1 aromatic heterocycles. The molecule has 2 aromatic carbocycles. The lowest BCUT2D eigenvalue weighted by Gasteiger charge is -2.06. The minimum Gasteiger partial charge on any atom is -0.392 e. The summed E-state index contributed by atoms with van der Waals surface area (Å²) in [6.45, 7) is -0.168. The van der Waals surface area contributed by atoms with Gasteiger partial charge in [0.05, 0.1) is 12.1 Å². The highest BCUT2D eigenvalue weighted by atomic mass is 32.2. The number of fused-ring (bicyclic) bond motifs is 1. The van der Waals surface area contributed by atoms with E-state index in [9.17, 15) is 4.39 Å². The molecule has 0 aliphatic heterocycles. The molecule has 0 saturated carbocycles. The Hall–Kier alpha value is -1.98. The lowest BCUT2D eigenvalue weighted by Crippen LogP contribution is -1.90. The van der Waals surface area contributed by atoms with E-state index in [2.05, 4.69) is 9.97 Å². The van der Waals surface area contributed by atoms with Crippen molar-refractivity contribution >= 4 is 22.7 Å². The fourth-order valence-corrected chi connectivity index (χ4v) is 2.77. The number of nitrogens with zero attached hydrogens (tertiary/aromatic N) is 2. The first kappa shape index (κ1) is 13.0. The summed E-state index contributed by atoms with van der Waals surface area (Å²) in [4.78, 5) is 8.88.